The molecule has 0 bridgehead atoms. The summed E-state index contributed by atoms with van der Waals surface area (Å²) in [7, 11) is 0. The van der Waals surface area contributed by atoms with Crippen LogP contribution in [0.4, 0.5) is 14.7 Å². The van der Waals surface area contributed by atoms with Gasteiger partial charge in [-0.2, -0.15) is 0 Å². The van der Waals surface area contributed by atoms with Gasteiger partial charge in [0.25, 0.3) is 0 Å². The van der Waals surface area contributed by atoms with Crippen LogP contribution in [-0.2, 0) is 9.53 Å². The number of carbonyl (C=O) groups excluding carboxylic acids is 2. The zero-order valence-electron chi connectivity index (χ0n) is 13.9. The first-order valence-corrected chi connectivity index (χ1v) is 8.25. The lowest BCUT2D eigenvalue weighted by Crippen LogP contribution is -2.46. The number of esters is 1. The summed E-state index contributed by atoms with van der Waals surface area (Å²) in [5.74, 6) is -2.90. The molecule has 0 aliphatic carbocycles. The Balaban J connectivity index is 1.64. The number of hydrogen-bond donors (Lipinski definition) is 0. The molecule has 2 aromatic rings. The van der Waals surface area contributed by atoms with E-state index < -0.39 is 36.0 Å². The van der Waals surface area contributed by atoms with E-state index in [2.05, 4.69) is 9.97 Å². The second-order valence-corrected chi connectivity index (χ2v) is 5.91. The Bertz CT molecular complexity index is 802. The molecule has 1 fully saturated rings. The number of rotatable bonds is 5. The Kier molecular flexibility index (Phi) is 5.50. The van der Waals surface area contributed by atoms with Crippen molar-refractivity contribution in [2.24, 2.45) is 0 Å². The summed E-state index contributed by atoms with van der Waals surface area (Å²) in [5, 5.41) is 0. The second kappa shape index (κ2) is 7.99. The van der Waals surface area contributed by atoms with E-state index in [1.807, 2.05) is 0 Å². The van der Waals surface area contributed by atoms with Gasteiger partial charge in [0.05, 0.1) is 0 Å². The van der Waals surface area contributed by atoms with Gasteiger partial charge in [0.2, 0.25) is 5.95 Å². The number of Topliss-reactive ketones (excluding diaryl/α,β-unsaturated/α-hetero) is 1. The third-order valence-corrected chi connectivity index (χ3v) is 4.17. The molecular formula is C18H17F2N3O3. The van der Waals surface area contributed by atoms with E-state index in [0.29, 0.717) is 18.9 Å². The Labute approximate surface area is 148 Å². The first-order chi connectivity index (χ1) is 12.6. The molecule has 1 aromatic carbocycles. The molecule has 1 unspecified atom stereocenters. The zero-order chi connectivity index (χ0) is 18.5. The molecule has 1 atom stereocenters. The van der Waals surface area contributed by atoms with Gasteiger partial charge in [-0.3, -0.25) is 4.79 Å². The third-order valence-electron chi connectivity index (χ3n) is 4.17. The number of piperidine rings is 1. The van der Waals surface area contributed by atoms with Crippen molar-refractivity contribution >= 4 is 17.7 Å². The molecule has 6 nitrogen and oxygen atoms in total. The lowest BCUT2D eigenvalue weighted by atomic mass is 10.0. The highest BCUT2D eigenvalue weighted by Crippen LogP contribution is 2.22. The largest absolute Gasteiger partial charge is 0.456 e. The van der Waals surface area contributed by atoms with Crippen LogP contribution in [0.25, 0.3) is 0 Å². The van der Waals surface area contributed by atoms with Gasteiger partial charge < -0.3 is 9.64 Å². The van der Waals surface area contributed by atoms with Crippen LogP contribution < -0.4 is 4.90 Å². The zero-order valence-corrected chi connectivity index (χ0v) is 13.9. The summed E-state index contributed by atoms with van der Waals surface area (Å²) in [6.45, 7) is 0.0742. The van der Waals surface area contributed by atoms with E-state index in [4.69, 9.17) is 4.74 Å². The molecule has 1 saturated heterocycles. The maximum Gasteiger partial charge on any atom is 0.329 e. The molecule has 26 heavy (non-hydrogen) atoms. The lowest BCUT2D eigenvalue weighted by molar-refractivity contribution is -0.144. The van der Waals surface area contributed by atoms with Gasteiger partial charge in [-0.25, -0.2) is 23.5 Å². The minimum Gasteiger partial charge on any atom is -0.456 e. The van der Waals surface area contributed by atoms with Gasteiger partial charge in [-0.1, -0.05) is 0 Å². The van der Waals surface area contributed by atoms with Crippen molar-refractivity contribution < 1.29 is 23.1 Å². The van der Waals surface area contributed by atoms with Crippen molar-refractivity contribution in [3.63, 3.8) is 0 Å². The first kappa shape index (κ1) is 17.9. The quantitative estimate of drug-likeness (QED) is 0.602. The Morgan fingerprint density at radius 3 is 2.65 bits per heavy atom. The summed E-state index contributed by atoms with van der Waals surface area (Å²) in [5.41, 5.74) is -0.0522. The Morgan fingerprint density at radius 1 is 1.15 bits per heavy atom. The molecule has 1 aliphatic heterocycles. The van der Waals surface area contributed by atoms with Gasteiger partial charge >= 0.3 is 5.97 Å². The maximum absolute atomic E-state index is 13.2. The summed E-state index contributed by atoms with van der Waals surface area (Å²) in [6.07, 6.45) is 5.49. The monoisotopic (exact) mass is 361 g/mol. The van der Waals surface area contributed by atoms with Crippen LogP contribution in [-0.4, -0.2) is 40.9 Å². The molecule has 3 rings (SSSR count). The number of hydrogen-bond acceptors (Lipinski definition) is 6. The smallest absolute Gasteiger partial charge is 0.329 e. The topological polar surface area (TPSA) is 72.4 Å². The number of ketones is 1. The lowest BCUT2D eigenvalue weighted by Gasteiger charge is -2.33. The SMILES string of the molecule is O=C(COC(=O)C1CCCCN1c1ncccn1)c1ccc(F)c(F)c1. The standard InChI is InChI=1S/C18H17F2N3O3/c19-13-6-5-12(10-14(13)20)16(24)11-26-17(25)15-4-1-2-9-23(15)18-21-7-3-8-22-18/h3,5-8,10,15H,1-2,4,9,11H2. The van der Waals surface area contributed by atoms with Crippen LogP contribution in [0, 0.1) is 11.6 Å². The average molecular weight is 361 g/mol. The van der Waals surface area contributed by atoms with Crippen LogP contribution >= 0.6 is 0 Å². The fraction of sp³-hybridized carbons (Fsp3) is 0.333. The summed E-state index contributed by atoms with van der Waals surface area (Å²) >= 11 is 0. The fourth-order valence-electron chi connectivity index (χ4n) is 2.84. The van der Waals surface area contributed by atoms with Crippen molar-refractivity contribution in [3.05, 3.63) is 53.9 Å². The minimum atomic E-state index is -1.12. The molecule has 1 aromatic heterocycles. The number of aromatic nitrogens is 2. The van der Waals surface area contributed by atoms with Gasteiger partial charge in [0.15, 0.2) is 24.0 Å². The molecule has 136 valence electrons. The molecule has 0 N–H and O–H groups in total. The Hall–Kier alpha value is -2.90. The molecule has 0 radical (unpaired) electrons. The molecular weight excluding hydrogens is 344 g/mol. The van der Waals surface area contributed by atoms with E-state index in [9.17, 15) is 18.4 Å². The molecule has 8 heteroatoms. The second-order valence-electron chi connectivity index (χ2n) is 5.91. The van der Waals surface area contributed by atoms with E-state index in [0.717, 1.165) is 31.0 Å². The molecule has 1 aliphatic rings. The van der Waals surface area contributed by atoms with Crippen molar-refractivity contribution in [1.29, 1.82) is 0 Å². The fourth-order valence-corrected chi connectivity index (χ4v) is 2.84. The first-order valence-electron chi connectivity index (χ1n) is 8.25. The van der Waals surface area contributed by atoms with Crippen molar-refractivity contribution in [2.75, 3.05) is 18.1 Å². The van der Waals surface area contributed by atoms with Gasteiger partial charge in [-0.15, -0.1) is 0 Å². The minimum absolute atomic E-state index is 0.0522. The van der Waals surface area contributed by atoms with Crippen molar-refractivity contribution in [1.82, 2.24) is 9.97 Å². The Morgan fingerprint density at radius 2 is 1.92 bits per heavy atom. The highest BCUT2D eigenvalue weighted by molar-refractivity contribution is 5.98. The predicted octanol–water partition coefficient (Wildman–Crippen LogP) is 2.54. The number of ether oxygens (including phenoxy) is 1. The van der Waals surface area contributed by atoms with Crippen molar-refractivity contribution in [3.8, 4) is 0 Å². The highest BCUT2D eigenvalue weighted by atomic mass is 19.2. The number of nitrogens with zero attached hydrogens (tertiary/aromatic N) is 3. The van der Waals surface area contributed by atoms with Crippen LogP contribution in [0.1, 0.15) is 29.6 Å². The van der Waals surface area contributed by atoms with Crippen molar-refractivity contribution in [2.45, 2.75) is 25.3 Å². The van der Waals surface area contributed by atoms with Crippen LogP contribution in [0.2, 0.25) is 0 Å². The van der Waals surface area contributed by atoms with E-state index in [1.54, 1.807) is 23.4 Å². The van der Waals surface area contributed by atoms with Crippen LogP contribution in [0.3, 0.4) is 0 Å². The third kappa shape index (κ3) is 4.01. The number of anilines is 1. The summed E-state index contributed by atoms with van der Waals surface area (Å²) in [6, 6.07) is 3.90. The molecule has 0 spiro atoms. The van der Waals surface area contributed by atoms with Crippen LogP contribution in [0.5, 0.6) is 0 Å². The van der Waals surface area contributed by atoms with E-state index in [-0.39, 0.29) is 5.56 Å². The summed E-state index contributed by atoms with van der Waals surface area (Å²) < 4.78 is 31.3. The number of halogens is 2. The normalized spacial score (nSPS) is 17.0. The predicted molar refractivity (Wildman–Crippen MR) is 88.7 cm³/mol. The molecule has 0 saturated carbocycles. The van der Waals surface area contributed by atoms with Gasteiger partial charge in [0, 0.05) is 24.5 Å². The number of carbonyl (C=O) groups is 2. The highest BCUT2D eigenvalue weighted by Gasteiger charge is 2.32. The molecule has 0 amide bonds. The average Bonchev–Trinajstić information content (AvgIpc) is 2.68. The summed E-state index contributed by atoms with van der Waals surface area (Å²) in [4.78, 5) is 34.6. The molecule has 2 heterocycles. The van der Waals surface area contributed by atoms with Gasteiger partial charge in [0.1, 0.15) is 6.04 Å². The van der Waals surface area contributed by atoms with Gasteiger partial charge in [-0.05, 0) is 43.5 Å². The number of benzene rings is 1. The van der Waals surface area contributed by atoms with Crippen LogP contribution in [0.15, 0.2) is 36.7 Å². The van der Waals surface area contributed by atoms with E-state index >= 15 is 0 Å². The maximum atomic E-state index is 13.2. The van der Waals surface area contributed by atoms with E-state index in [1.165, 1.54) is 0 Å².